The molecule has 0 spiro atoms. The Morgan fingerprint density at radius 2 is 2.53 bits per heavy atom. The van der Waals surface area contributed by atoms with E-state index in [9.17, 15) is 0 Å². The number of nitrogens with zero attached hydrogens (tertiary/aromatic N) is 3. The van der Waals surface area contributed by atoms with Gasteiger partial charge in [-0.2, -0.15) is 5.26 Å². The minimum Gasteiger partial charge on any atom is -0.378 e. The molecule has 2 N–H and O–H groups in total. The molecule has 2 rings (SSSR count). The Labute approximate surface area is 100 Å². The fourth-order valence-corrected chi connectivity index (χ4v) is 1.67. The second-order valence-corrected chi connectivity index (χ2v) is 3.94. The lowest BCUT2D eigenvalue weighted by Crippen LogP contribution is -2.45. The van der Waals surface area contributed by atoms with Crippen LogP contribution in [-0.2, 0) is 4.74 Å². The zero-order valence-corrected chi connectivity index (χ0v) is 9.73. The first kappa shape index (κ1) is 11.8. The largest absolute Gasteiger partial charge is 0.378 e. The van der Waals surface area contributed by atoms with Crippen molar-refractivity contribution in [2.24, 2.45) is 0 Å². The van der Waals surface area contributed by atoms with Gasteiger partial charge >= 0.3 is 0 Å². The number of hydrogen-bond acceptors (Lipinski definition) is 6. The fraction of sp³-hybridized carbons (Fsp3) is 0.545. The predicted octanol–water partition coefficient (Wildman–Crippen LogP) is 0.0570. The normalized spacial score (nSPS) is 19.6. The Balaban J connectivity index is 1.94. The average Bonchev–Trinajstić information content (AvgIpc) is 2.37. The summed E-state index contributed by atoms with van der Waals surface area (Å²) in [7, 11) is 0. The van der Waals surface area contributed by atoms with E-state index in [0.29, 0.717) is 24.8 Å². The van der Waals surface area contributed by atoms with Crippen molar-refractivity contribution in [1.82, 2.24) is 15.3 Å². The minimum atomic E-state index is 0.262. The van der Waals surface area contributed by atoms with Gasteiger partial charge in [0, 0.05) is 24.8 Å². The molecule has 1 unspecified atom stereocenters. The Bertz CT molecular complexity index is 422. The number of hydrogen-bond donors (Lipinski definition) is 2. The molecule has 0 saturated carbocycles. The monoisotopic (exact) mass is 233 g/mol. The highest BCUT2D eigenvalue weighted by molar-refractivity contribution is 5.33. The van der Waals surface area contributed by atoms with Gasteiger partial charge in [-0.15, -0.1) is 0 Å². The van der Waals surface area contributed by atoms with Crippen LogP contribution in [0.3, 0.4) is 0 Å². The average molecular weight is 233 g/mol. The van der Waals surface area contributed by atoms with E-state index in [2.05, 4.69) is 20.6 Å². The molecule has 0 aliphatic carbocycles. The SMILES string of the molecule is Cc1cc(C#N)nc(NCC2COCCN2)n1. The fourth-order valence-electron chi connectivity index (χ4n) is 1.67. The number of ether oxygens (including phenoxy) is 1. The molecule has 90 valence electrons. The van der Waals surface area contributed by atoms with Crippen LogP contribution in [0.1, 0.15) is 11.4 Å². The molecule has 1 saturated heterocycles. The molecule has 0 amide bonds. The van der Waals surface area contributed by atoms with Crippen LogP contribution in [0.4, 0.5) is 5.95 Å². The number of nitriles is 1. The van der Waals surface area contributed by atoms with E-state index in [-0.39, 0.29) is 6.04 Å². The third kappa shape index (κ3) is 3.37. The van der Waals surface area contributed by atoms with Crippen LogP contribution in [0.5, 0.6) is 0 Å². The van der Waals surface area contributed by atoms with Crippen LogP contribution < -0.4 is 10.6 Å². The molecule has 0 bridgehead atoms. The molecule has 1 aliphatic rings. The van der Waals surface area contributed by atoms with E-state index in [1.807, 2.05) is 13.0 Å². The van der Waals surface area contributed by atoms with Crippen LogP contribution in [0.15, 0.2) is 6.07 Å². The van der Waals surface area contributed by atoms with Gasteiger partial charge in [-0.3, -0.25) is 0 Å². The molecule has 0 radical (unpaired) electrons. The van der Waals surface area contributed by atoms with Crippen LogP contribution in [0, 0.1) is 18.3 Å². The van der Waals surface area contributed by atoms with Gasteiger partial charge in [0.25, 0.3) is 0 Å². The first-order valence-electron chi connectivity index (χ1n) is 5.59. The number of aryl methyl sites for hydroxylation is 1. The second kappa shape index (κ2) is 5.57. The van der Waals surface area contributed by atoms with Gasteiger partial charge in [0.15, 0.2) is 0 Å². The van der Waals surface area contributed by atoms with Gasteiger partial charge in [0.05, 0.1) is 13.2 Å². The predicted molar refractivity (Wildman–Crippen MR) is 62.6 cm³/mol. The van der Waals surface area contributed by atoms with E-state index in [1.165, 1.54) is 0 Å². The van der Waals surface area contributed by atoms with Gasteiger partial charge in [-0.05, 0) is 13.0 Å². The minimum absolute atomic E-state index is 0.262. The highest BCUT2D eigenvalue weighted by atomic mass is 16.5. The van der Waals surface area contributed by atoms with Gasteiger partial charge in [-0.1, -0.05) is 0 Å². The molecule has 1 fully saturated rings. The Morgan fingerprint density at radius 3 is 3.24 bits per heavy atom. The number of rotatable bonds is 3. The van der Waals surface area contributed by atoms with Crippen molar-refractivity contribution >= 4 is 5.95 Å². The summed E-state index contributed by atoms with van der Waals surface area (Å²) in [6.45, 7) is 4.84. The first-order chi connectivity index (χ1) is 8.28. The molecule has 0 aromatic carbocycles. The molecule has 1 aliphatic heterocycles. The zero-order valence-electron chi connectivity index (χ0n) is 9.73. The molecular formula is C11H15N5O. The molecule has 6 heteroatoms. The number of nitrogens with one attached hydrogen (secondary N) is 2. The first-order valence-corrected chi connectivity index (χ1v) is 5.59. The van der Waals surface area contributed by atoms with E-state index in [4.69, 9.17) is 10.00 Å². The molecule has 1 aromatic rings. The lowest BCUT2D eigenvalue weighted by molar-refractivity contribution is 0.0806. The molecule has 17 heavy (non-hydrogen) atoms. The summed E-state index contributed by atoms with van der Waals surface area (Å²) in [4.78, 5) is 8.31. The highest BCUT2D eigenvalue weighted by Gasteiger charge is 2.13. The molecule has 6 nitrogen and oxygen atoms in total. The van der Waals surface area contributed by atoms with E-state index < -0.39 is 0 Å². The number of anilines is 1. The number of morpholine rings is 1. The summed E-state index contributed by atoms with van der Waals surface area (Å²) in [5.41, 5.74) is 1.17. The van der Waals surface area contributed by atoms with Crippen LogP contribution in [0.2, 0.25) is 0 Å². The Kier molecular flexibility index (Phi) is 3.85. The smallest absolute Gasteiger partial charge is 0.224 e. The van der Waals surface area contributed by atoms with Gasteiger partial charge in [-0.25, -0.2) is 9.97 Å². The van der Waals surface area contributed by atoms with E-state index >= 15 is 0 Å². The van der Waals surface area contributed by atoms with Crippen molar-refractivity contribution in [3.63, 3.8) is 0 Å². The molecule has 1 atom stereocenters. The zero-order chi connectivity index (χ0) is 12.1. The Morgan fingerprint density at radius 1 is 1.65 bits per heavy atom. The van der Waals surface area contributed by atoms with Crippen molar-refractivity contribution in [2.45, 2.75) is 13.0 Å². The maximum atomic E-state index is 8.80. The highest BCUT2D eigenvalue weighted by Crippen LogP contribution is 2.04. The van der Waals surface area contributed by atoms with Crippen LogP contribution in [0.25, 0.3) is 0 Å². The summed E-state index contributed by atoms with van der Waals surface area (Å²) in [6.07, 6.45) is 0. The Hall–Kier alpha value is -1.71. The molecular weight excluding hydrogens is 218 g/mol. The van der Waals surface area contributed by atoms with Crippen LogP contribution in [-0.4, -0.2) is 42.3 Å². The summed E-state index contributed by atoms with van der Waals surface area (Å²) in [6, 6.07) is 3.94. The van der Waals surface area contributed by atoms with Crippen molar-refractivity contribution in [3.05, 3.63) is 17.5 Å². The maximum absolute atomic E-state index is 8.80. The topological polar surface area (TPSA) is 82.9 Å². The lowest BCUT2D eigenvalue weighted by Gasteiger charge is -2.23. The van der Waals surface area contributed by atoms with Gasteiger partial charge in [0.2, 0.25) is 5.95 Å². The van der Waals surface area contributed by atoms with Crippen molar-refractivity contribution in [2.75, 3.05) is 31.6 Å². The third-order valence-corrected chi connectivity index (χ3v) is 2.47. The van der Waals surface area contributed by atoms with Crippen LogP contribution >= 0.6 is 0 Å². The quantitative estimate of drug-likeness (QED) is 0.768. The number of aromatic nitrogens is 2. The molecule has 2 heterocycles. The van der Waals surface area contributed by atoms with Gasteiger partial charge in [0.1, 0.15) is 11.8 Å². The van der Waals surface area contributed by atoms with Gasteiger partial charge < -0.3 is 15.4 Å². The van der Waals surface area contributed by atoms with Crippen molar-refractivity contribution in [3.8, 4) is 6.07 Å². The summed E-state index contributed by atoms with van der Waals surface area (Å²) in [5.74, 6) is 0.494. The van der Waals surface area contributed by atoms with Crippen molar-refractivity contribution < 1.29 is 4.74 Å². The summed E-state index contributed by atoms with van der Waals surface area (Å²) in [5, 5.41) is 15.2. The third-order valence-electron chi connectivity index (χ3n) is 2.47. The summed E-state index contributed by atoms with van der Waals surface area (Å²) >= 11 is 0. The lowest BCUT2D eigenvalue weighted by atomic mass is 10.3. The summed E-state index contributed by atoms with van der Waals surface area (Å²) < 4.78 is 5.34. The maximum Gasteiger partial charge on any atom is 0.224 e. The van der Waals surface area contributed by atoms with E-state index in [1.54, 1.807) is 6.07 Å². The standard InChI is InChI=1S/C11H15N5O/c1-8-4-9(5-12)16-11(15-8)14-6-10-7-17-3-2-13-10/h4,10,13H,2-3,6-7H2,1H3,(H,14,15,16). The van der Waals surface area contributed by atoms with Crippen molar-refractivity contribution in [1.29, 1.82) is 5.26 Å². The molecule has 1 aromatic heterocycles. The second-order valence-electron chi connectivity index (χ2n) is 3.94. The van der Waals surface area contributed by atoms with E-state index in [0.717, 1.165) is 18.8 Å².